The average Bonchev–Trinajstić information content (AvgIpc) is 3.81. The van der Waals surface area contributed by atoms with Crippen LogP contribution in [0.25, 0.3) is 75.8 Å². The minimum atomic E-state index is 0.882. The SMILES string of the molecule is c1ccc(-c2nc3ccc4oc5ccc(-c6ccc(N(c7ccc8ccccc8c7)c7ccccc7-c7ccccc7)cc6)cc5c4c3s2)cc1. The van der Waals surface area contributed by atoms with Crippen molar-refractivity contribution < 1.29 is 4.42 Å². The molecule has 0 saturated carbocycles. The Morgan fingerprint density at radius 2 is 1.14 bits per heavy atom. The van der Waals surface area contributed by atoms with Crippen LogP contribution >= 0.6 is 11.3 Å². The monoisotopic (exact) mass is 670 g/mol. The summed E-state index contributed by atoms with van der Waals surface area (Å²) < 4.78 is 7.52. The topological polar surface area (TPSA) is 29.3 Å². The zero-order valence-electron chi connectivity index (χ0n) is 27.5. The van der Waals surface area contributed by atoms with Gasteiger partial charge in [0.05, 0.1) is 15.9 Å². The van der Waals surface area contributed by atoms with E-state index >= 15 is 0 Å². The maximum atomic E-state index is 6.37. The van der Waals surface area contributed by atoms with Gasteiger partial charge >= 0.3 is 0 Å². The molecule has 3 nitrogen and oxygen atoms in total. The van der Waals surface area contributed by atoms with Crippen LogP contribution in [0, 0.1) is 0 Å². The molecular formula is C47H30N2OS. The smallest absolute Gasteiger partial charge is 0.137 e. The second kappa shape index (κ2) is 12.1. The van der Waals surface area contributed by atoms with Crippen molar-refractivity contribution in [3.05, 3.63) is 182 Å². The van der Waals surface area contributed by atoms with Crippen molar-refractivity contribution in [3.63, 3.8) is 0 Å². The Balaban J connectivity index is 1.09. The van der Waals surface area contributed by atoms with Crippen LogP contribution in [0.1, 0.15) is 0 Å². The number of fused-ring (bicyclic) bond motifs is 6. The molecule has 0 saturated heterocycles. The third-order valence-electron chi connectivity index (χ3n) is 9.69. The first-order valence-electron chi connectivity index (χ1n) is 17.1. The molecule has 240 valence electrons. The van der Waals surface area contributed by atoms with Crippen LogP contribution in [0.2, 0.25) is 0 Å². The first-order chi connectivity index (χ1) is 25.3. The number of anilines is 3. The first-order valence-corrected chi connectivity index (χ1v) is 17.9. The number of para-hydroxylation sites is 1. The van der Waals surface area contributed by atoms with Crippen molar-refractivity contribution in [2.24, 2.45) is 0 Å². The van der Waals surface area contributed by atoms with Gasteiger partial charge in [0.15, 0.2) is 0 Å². The van der Waals surface area contributed by atoms with Gasteiger partial charge in [-0.2, -0.15) is 0 Å². The van der Waals surface area contributed by atoms with E-state index < -0.39 is 0 Å². The number of benzene rings is 8. The minimum absolute atomic E-state index is 0.882. The number of nitrogens with zero attached hydrogens (tertiary/aromatic N) is 2. The maximum Gasteiger partial charge on any atom is 0.137 e. The van der Waals surface area contributed by atoms with Crippen molar-refractivity contribution in [1.29, 1.82) is 0 Å². The van der Waals surface area contributed by atoms with Gasteiger partial charge in [-0.25, -0.2) is 4.98 Å². The molecule has 2 aromatic heterocycles. The Bertz CT molecular complexity index is 2850. The summed E-state index contributed by atoms with van der Waals surface area (Å²) in [6, 6.07) is 64.5. The van der Waals surface area contributed by atoms with Crippen LogP contribution in [0.4, 0.5) is 17.1 Å². The highest BCUT2D eigenvalue weighted by Gasteiger charge is 2.19. The highest BCUT2D eigenvalue weighted by molar-refractivity contribution is 7.22. The summed E-state index contributed by atoms with van der Waals surface area (Å²) in [4.78, 5) is 7.36. The van der Waals surface area contributed by atoms with E-state index in [2.05, 4.69) is 181 Å². The lowest BCUT2D eigenvalue weighted by molar-refractivity contribution is 0.669. The normalized spacial score (nSPS) is 11.5. The van der Waals surface area contributed by atoms with E-state index in [1.165, 1.54) is 21.9 Å². The van der Waals surface area contributed by atoms with Gasteiger partial charge in [0, 0.05) is 33.3 Å². The molecule has 4 heteroatoms. The lowest BCUT2D eigenvalue weighted by atomic mass is 10.00. The molecule has 8 aromatic carbocycles. The van der Waals surface area contributed by atoms with E-state index in [1.54, 1.807) is 11.3 Å². The number of hydrogen-bond donors (Lipinski definition) is 0. The van der Waals surface area contributed by atoms with E-state index in [1.807, 2.05) is 6.07 Å². The Morgan fingerprint density at radius 1 is 0.471 bits per heavy atom. The lowest BCUT2D eigenvalue weighted by Crippen LogP contribution is -2.11. The highest BCUT2D eigenvalue weighted by atomic mass is 32.1. The van der Waals surface area contributed by atoms with Crippen LogP contribution < -0.4 is 4.90 Å². The Kier molecular flexibility index (Phi) is 7.00. The summed E-state index contributed by atoms with van der Waals surface area (Å²) in [5, 5.41) is 5.68. The van der Waals surface area contributed by atoms with Crippen LogP contribution in [0.3, 0.4) is 0 Å². The lowest BCUT2D eigenvalue weighted by Gasteiger charge is -2.28. The molecule has 0 aliphatic heterocycles. The van der Waals surface area contributed by atoms with E-state index in [0.29, 0.717) is 0 Å². The van der Waals surface area contributed by atoms with Gasteiger partial charge in [-0.05, 0) is 82.1 Å². The Labute approximate surface area is 299 Å². The highest BCUT2D eigenvalue weighted by Crippen LogP contribution is 2.44. The standard InChI is InChI=1S/C47H30N2OS/c1-3-12-33(13-4-1)39-17-9-10-18-42(39)49(38-25-21-31-11-7-8-16-35(31)29-38)37-23-19-32(20-24-37)36-22-27-43-40(30-36)45-44(50-43)28-26-41-46(45)51-47(48-41)34-14-5-2-6-15-34/h1-30H. The van der Waals surface area contributed by atoms with Crippen molar-refractivity contribution in [1.82, 2.24) is 4.98 Å². The largest absolute Gasteiger partial charge is 0.456 e. The number of rotatable bonds is 6. The van der Waals surface area contributed by atoms with Crippen molar-refractivity contribution in [3.8, 4) is 32.8 Å². The van der Waals surface area contributed by atoms with Crippen LogP contribution in [0.15, 0.2) is 186 Å². The van der Waals surface area contributed by atoms with E-state index in [4.69, 9.17) is 9.40 Å². The molecule has 0 unspecified atom stereocenters. The molecule has 10 aromatic rings. The van der Waals surface area contributed by atoms with Crippen LogP contribution in [-0.4, -0.2) is 4.98 Å². The molecule has 0 spiro atoms. The fourth-order valence-electron chi connectivity index (χ4n) is 7.21. The molecule has 0 fully saturated rings. The molecular weight excluding hydrogens is 641 g/mol. The van der Waals surface area contributed by atoms with Crippen molar-refractivity contribution >= 4 is 71.3 Å². The molecule has 0 bridgehead atoms. The zero-order valence-corrected chi connectivity index (χ0v) is 28.3. The van der Waals surface area contributed by atoms with Gasteiger partial charge in [0.2, 0.25) is 0 Å². The molecule has 51 heavy (non-hydrogen) atoms. The fourth-order valence-corrected chi connectivity index (χ4v) is 8.33. The molecule has 0 atom stereocenters. The second-order valence-electron chi connectivity index (χ2n) is 12.8. The average molecular weight is 671 g/mol. The quantitative estimate of drug-likeness (QED) is 0.176. The molecule has 10 rings (SSSR count). The summed E-state index contributed by atoms with van der Waals surface area (Å²) in [6.07, 6.45) is 0. The molecule has 0 amide bonds. The Morgan fingerprint density at radius 3 is 1.96 bits per heavy atom. The van der Waals surface area contributed by atoms with Gasteiger partial charge in [0.1, 0.15) is 16.2 Å². The predicted octanol–water partition coefficient (Wildman–Crippen LogP) is 13.8. The third kappa shape index (κ3) is 5.16. The summed E-state index contributed by atoms with van der Waals surface area (Å²) in [7, 11) is 0. The minimum Gasteiger partial charge on any atom is -0.456 e. The van der Waals surface area contributed by atoms with Crippen LogP contribution in [0.5, 0.6) is 0 Å². The number of furan rings is 1. The number of thiazole rings is 1. The summed E-state index contributed by atoms with van der Waals surface area (Å²) >= 11 is 1.73. The third-order valence-corrected chi connectivity index (χ3v) is 10.8. The predicted molar refractivity (Wildman–Crippen MR) is 215 cm³/mol. The summed E-state index contributed by atoms with van der Waals surface area (Å²) in [6.45, 7) is 0. The second-order valence-corrected chi connectivity index (χ2v) is 13.8. The molecule has 0 radical (unpaired) electrons. The Hall–Kier alpha value is -6.49. The van der Waals surface area contributed by atoms with E-state index in [0.717, 1.165) is 70.9 Å². The molecule has 0 aliphatic carbocycles. The zero-order chi connectivity index (χ0) is 33.7. The van der Waals surface area contributed by atoms with Gasteiger partial charge in [0.25, 0.3) is 0 Å². The van der Waals surface area contributed by atoms with Crippen molar-refractivity contribution in [2.45, 2.75) is 0 Å². The first kappa shape index (κ1) is 29.4. The van der Waals surface area contributed by atoms with Gasteiger partial charge in [-0.3, -0.25) is 0 Å². The van der Waals surface area contributed by atoms with Crippen LogP contribution in [-0.2, 0) is 0 Å². The van der Waals surface area contributed by atoms with E-state index in [9.17, 15) is 0 Å². The van der Waals surface area contributed by atoms with Crippen molar-refractivity contribution in [2.75, 3.05) is 4.90 Å². The fraction of sp³-hybridized carbons (Fsp3) is 0. The molecule has 2 heterocycles. The number of hydrogen-bond acceptors (Lipinski definition) is 4. The summed E-state index contributed by atoms with van der Waals surface area (Å²) in [5.41, 5.74) is 11.9. The molecule has 0 aliphatic rings. The summed E-state index contributed by atoms with van der Waals surface area (Å²) in [5.74, 6) is 0. The van der Waals surface area contributed by atoms with Gasteiger partial charge < -0.3 is 9.32 Å². The van der Waals surface area contributed by atoms with Gasteiger partial charge in [-0.1, -0.05) is 127 Å². The number of aromatic nitrogens is 1. The van der Waals surface area contributed by atoms with E-state index in [-0.39, 0.29) is 0 Å². The maximum absolute atomic E-state index is 6.37. The van der Waals surface area contributed by atoms with Gasteiger partial charge in [-0.15, -0.1) is 11.3 Å². The molecule has 0 N–H and O–H groups in total.